The number of nitrogen functional groups attached to an aromatic ring is 1. The van der Waals surface area contributed by atoms with Crippen LogP contribution in [0.4, 0.5) is 5.82 Å². The third-order valence-corrected chi connectivity index (χ3v) is 8.57. The third-order valence-electron chi connectivity index (χ3n) is 8.57. The summed E-state index contributed by atoms with van der Waals surface area (Å²) in [4.78, 5) is 17.1. The van der Waals surface area contributed by atoms with E-state index in [1.54, 1.807) is 30.5 Å². The van der Waals surface area contributed by atoms with Gasteiger partial charge in [0.1, 0.15) is 30.1 Å². The molecule has 3 saturated carbocycles. The number of nitrogens with two attached hydrogens (primary N) is 1. The molecule has 2 aromatic rings. The maximum Gasteiger partial charge on any atom is 0.309 e. The highest BCUT2D eigenvalue weighted by atomic mass is 16.8. The summed E-state index contributed by atoms with van der Waals surface area (Å²) in [5.74, 6) is 0.357. The van der Waals surface area contributed by atoms with Gasteiger partial charge in [0.25, 0.3) is 0 Å². The number of esters is 1. The molecule has 7 rings (SSSR count). The van der Waals surface area contributed by atoms with Crippen molar-refractivity contribution >= 4 is 17.3 Å². The molecule has 5 fully saturated rings. The van der Waals surface area contributed by atoms with Crippen LogP contribution in [0.15, 0.2) is 18.5 Å². The predicted molar refractivity (Wildman–Crippen MR) is 116 cm³/mol. The standard InChI is InChI=1S/C24H27N5O5/c1-22(2)33-21-23(10-25,16-7-6-15-19(26)27-11-28-29(15)16)32-18-17(24(18,21)34-22)31-20(30)14-8-12-4-3-5-13(12)9-14/h6-7,11-14,17-18,21H,3-5,8-9H2,1-2H3,(H2,26,27,28)/t12?,13?,14?,17?,18-,21+,23+,24-/m1/s1. The second-order valence-electron chi connectivity index (χ2n) is 10.9. The first kappa shape index (κ1) is 20.6. The van der Waals surface area contributed by atoms with E-state index in [-0.39, 0.29) is 11.9 Å². The summed E-state index contributed by atoms with van der Waals surface area (Å²) < 4.78 is 26.5. The number of aromatic nitrogens is 3. The Morgan fingerprint density at radius 2 is 2.03 bits per heavy atom. The molecule has 3 unspecified atom stereocenters. The Hall–Kier alpha value is -2.74. The lowest BCUT2D eigenvalue weighted by Gasteiger charge is -2.30. The normalized spacial score (nSPS) is 43.3. The van der Waals surface area contributed by atoms with Gasteiger partial charge in [-0.25, -0.2) is 9.50 Å². The Balaban J connectivity index is 1.21. The van der Waals surface area contributed by atoms with E-state index in [2.05, 4.69) is 16.2 Å². The minimum absolute atomic E-state index is 0.0724. The summed E-state index contributed by atoms with van der Waals surface area (Å²) in [5.41, 5.74) is 4.51. The Morgan fingerprint density at radius 3 is 2.76 bits per heavy atom. The van der Waals surface area contributed by atoms with Crippen molar-refractivity contribution in [3.8, 4) is 6.07 Å². The lowest BCUT2D eigenvalue weighted by atomic mass is 9.90. The van der Waals surface area contributed by atoms with Crippen molar-refractivity contribution in [1.82, 2.24) is 14.6 Å². The van der Waals surface area contributed by atoms with Crippen LogP contribution in [0.25, 0.3) is 5.52 Å². The van der Waals surface area contributed by atoms with Gasteiger partial charge in [-0.15, -0.1) is 0 Å². The predicted octanol–water partition coefficient (Wildman–Crippen LogP) is 2.07. The number of nitriles is 1. The number of rotatable bonds is 3. The summed E-state index contributed by atoms with van der Waals surface area (Å²) in [7, 11) is 0. The van der Waals surface area contributed by atoms with E-state index in [0.29, 0.717) is 28.9 Å². The van der Waals surface area contributed by atoms with Gasteiger partial charge in [0.15, 0.2) is 23.3 Å². The zero-order chi connectivity index (χ0) is 23.5. The maximum absolute atomic E-state index is 13.1. The summed E-state index contributed by atoms with van der Waals surface area (Å²) in [6.45, 7) is 3.59. The number of fused-ring (bicyclic) bond motifs is 2. The molecule has 1 spiro atoms. The first-order valence-electron chi connectivity index (χ1n) is 12.1. The van der Waals surface area contributed by atoms with Gasteiger partial charge in [-0.1, -0.05) is 19.3 Å². The highest BCUT2D eigenvalue weighted by Gasteiger charge is 2.89. The molecule has 5 aliphatic rings. The molecule has 178 valence electrons. The van der Waals surface area contributed by atoms with E-state index in [4.69, 9.17) is 24.7 Å². The molecule has 3 aliphatic carbocycles. The minimum Gasteiger partial charge on any atom is -0.456 e. The van der Waals surface area contributed by atoms with E-state index in [1.807, 2.05) is 0 Å². The quantitative estimate of drug-likeness (QED) is 0.676. The largest absolute Gasteiger partial charge is 0.456 e. The molecule has 2 N–H and O–H groups in total. The molecule has 2 saturated heterocycles. The Morgan fingerprint density at radius 1 is 1.26 bits per heavy atom. The average Bonchev–Trinajstić information content (AvgIpc) is 3.41. The lowest BCUT2D eigenvalue weighted by Crippen LogP contribution is -2.46. The number of hydrogen-bond donors (Lipinski definition) is 1. The molecule has 4 heterocycles. The van der Waals surface area contributed by atoms with Gasteiger partial charge in [0.05, 0.1) is 11.6 Å². The molecule has 10 nitrogen and oxygen atoms in total. The van der Waals surface area contributed by atoms with Gasteiger partial charge in [-0.05, 0) is 50.7 Å². The van der Waals surface area contributed by atoms with E-state index in [0.717, 1.165) is 12.8 Å². The third kappa shape index (κ3) is 2.47. The molecule has 0 bridgehead atoms. The first-order chi connectivity index (χ1) is 16.3. The monoisotopic (exact) mass is 465 g/mol. The van der Waals surface area contributed by atoms with Crippen molar-refractivity contribution < 1.29 is 23.7 Å². The molecule has 0 aromatic carbocycles. The number of nitrogens with zero attached hydrogens (tertiary/aromatic N) is 4. The number of carbonyl (C=O) groups is 1. The summed E-state index contributed by atoms with van der Waals surface area (Å²) in [5, 5.41) is 14.7. The molecule has 7 atom stereocenters. The fourth-order valence-electron chi connectivity index (χ4n) is 7.13. The van der Waals surface area contributed by atoms with Gasteiger partial charge >= 0.3 is 5.97 Å². The van der Waals surface area contributed by atoms with Crippen LogP contribution in [0, 0.1) is 29.1 Å². The number of carbonyl (C=O) groups excluding carboxylic acids is 1. The van der Waals surface area contributed by atoms with Crippen molar-refractivity contribution in [1.29, 1.82) is 5.26 Å². The Labute approximate surface area is 196 Å². The van der Waals surface area contributed by atoms with E-state index >= 15 is 0 Å². The second-order valence-corrected chi connectivity index (χ2v) is 10.9. The number of ether oxygens (including phenoxy) is 4. The highest BCUT2D eigenvalue weighted by Crippen LogP contribution is 2.67. The summed E-state index contributed by atoms with van der Waals surface area (Å²) in [6.07, 6.45) is 4.81. The average molecular weight is 466 g/mol. The molecule has 10 heteroatoms. The maximum atomic E-state index is 13.1. The molecular formula is C24H27N5O5. The molecule has 0 amide bonds. The smallest absolute Gasteiger partial charge is 0.309 e. The minimum atomic E-state index is -1.50. The van der Waals surface area contributed by atoms with Crippen LogP contribution in [-0.2, 0) is 29.3 Å². The fraction of sp³-hybridized carbons (Fsp3) is 0.667. The Bertz CT molecular complexity index is 1240. The van der Waals surface area contributed by atoms with Crippen LogP contribution in [0.1, 0.15) is 51.6 Å². The van der Waals surface area contributed by atoms with Crippen LogP contribution in [0.2, 0.25) is 0 Å². The van der Waals surface area contributed by atoms with Crippen molar-refractivity contribution in [2.75, 3.05) is 5.73 Å². The SMILES string of the molecule is CC1(C)O[C@@H]2[C@@]3(O1)C(OC(=O)C1CC4CCCC4C1)[C@H]3O[C@@]2(C#N)c1ccc2c(N)ncnn12. The van der Waals surface area contributed by atoms with E-state index in [9.17, 15) is 10.1 Å². The van der Waals surface area contributed by atoms with Gasteiger partial charge in [0.2, 0.25) is 5.60 Å². The van der Waals surface area contributed by atoms with Crippen molar-refractivity contribution in [3.63, 3.8) is 0 Å². The van der Waals surface area contributed by atoms with Crippen molar-refractivity contribution in [3.05, 3.63) is 24.2 Å². The molecule has 2 aromatic heterocycles. The number of anilines is 1. The van der Waals surface area contributed by atoms with Crippen LogP contribution in [0.3, 0.4) is 0 Å². The molecule has 0 radical (unpaired) electrons. The highest BCUT2D eigenvalue weighted by molar-refractivity contribution is 5.74. The van der Waals surface area contributed by atoms with E-state index in [1.165, 1.54) is 25.6 Å². The lowest BCUT2D eigenvalue weighted by molar-refractivity contribution is -0.188. The van der Waals surface area contributed by atoms with Gasteiger partial charge in [0, 0.05) is 0 Å². The fourth-order valence-corrected chi connectivity index (χ4v) is 7.13. The van der Waals surface area contributed by atoms with Gasteiger partial charge < -0.3 is 24.7 Å². The zero-order valence-electron chi connectivity index (χ0n) is 19.1. The Kier molecular flexibility index (Phi) is 3.93. The van der Waals surface area contributed by atoms with Crippen LogP contribution < -0.4 is 5.73 Å². The zero-order valence-corrected chi connectivity index (χ0v) is 19.1. The number of hydrogen-bond acceptors (Lipinski definition) is 9. The van der Waals surface area contributed by atoms with Crippen molar-refractivity contribution in [2.24, 2.45) is 17.8 Å². The first-order valence-corrected chi connectivity index (χ1v) is 12.1. The van der Waals surface area contributed by atoms with Gasteiger partial charge in [-0.3, -0.25) is 4.79 Å². The second kappa shape index (κ2) is 6.47. The van der Waals surface area contributed by atoms with Gasteiger partial charge in [-0.2, -0.15) is 10.4 Å². The van der Waals surface area contributed by atoms with Crippen LogP contribution in [-0.4, -0.2) is 50.3 Å². The molecular weight excluding hydrogens is 438 g/mol. The topological polar surface area (TPSA) is 134 Å². The van der Waals surface area contributed by atoms with Crippen LogP contribution in [0.5, 0.6) is 0 Å². The molecule has 34 heavy (non-hydrogen) atoms. The summed E-state index contributed by atoms with van der Waals surface area (Å²) >= 11 is 0. The molecule has 2 aliphatic heterocycles. The summed E-state index contributed by atoms with van der Waals surface area (Å²) in [6, 6.07) is 5.82. The van der Waals surface area contributed by atoms with Crippen molar-refractivity contribution in [2.45, 2.75) is 81.3 Å². The van der Waals surface area contributed by atoms with E-state index < -0.39 is 35.3 Å². The van der Waals surface area contributed by atoms with Crippen LogP contribution >= 0.6 is 0 Å².